The summed E-state index contributed by atoms with van der Waals surface area (Å²) in [6.07, 6.45) is 2.38. The van der Waals surface area contributed by atoms with Crippen LogP contribution in [0.15, 0.2) is 27.2 Å². The number of hydrogen-bond donors (Lipinski definition) is 1. The minimum Gasteiger partial charge on any atom is -0.459 e. The maximum absolute atomic E-state index is 12.6. The number of hydrogen-bond acceptors (Lipinski definition) is 7. The molecule has 1 aliphatic heterocycles. The highest BCUT2D eigenvalue weighted by atomic mass is 16.4. The number of aromatic nitrogens is 2. The van der Waals surface area contributed by atoms with E-state index in [1.54, 1.807) is 19.1 Å². The molecule has 0 unspecified atom stereocenters. The van der Waals surface area contributed by atoms with Crippen molar-refractivity contribution in [2.45, 2.75) is 32.9 Å². The standard InChI is InChI=1S/C16H21N5O4/c1-3-7-20(11(2)15(22)21-8-6-17-16(21)23)10-13-18-19-14(25-13)12-5-4-9-24-12/h4-5,9,11H,3,6-8,10H2,1-2H3,(H,17,23)/t11-/m1/s1. The molecule has 9 heteroatoms. The molecule has 2 aromatic heterocycles. The van der Waals surface area contributed by atoms with Gasteiger partial charge in [0.2, 0.25) is 11.8 Å². The van der Waals surface area contributed by atoms with E-state index in [4.69, 9.17) is 8.83 Å². The second-order valence-electron chi connectivity index (χ2n) is 5.85. The van der Waals surface area contributed by atoms with E-state index in [1.807, 2.05) is 11.8 Å². The van der Waals surface area contributed by atoms with Crippen molar-refractivity contribution in [3.8, 4) is 11.7 Å². The molecule has 1 N–H and O–H groups in total. The van der Waals surface area contributed by atoms with Gasteiger partial charge in [-0.15, -0.1) is 10.2 Å². The van der Waals surface area contributed by atoms with Crippen LogP contribution in [-0.2, 0) is 11.3 Å². The fraction of sp³-hybridized carbons (Fsp3) is 0.500. The summed E-state index contributed by atoms with van der Waals surface area (Å²) in [6, 6.07) is 2.66. The van der Waals surface area contributed by atoms with Crippen LogP contribution in [-0.4, -0.2) is 57.6 Å². The smallest absolute Gasteiger partial charge is 0.324 e. The molecule has 1 aliphatic rings. The molecule has 0 saturated carbocycles. The van der Waals surface area contributed by atoms with E-state index < -0.39 is 6.04 Å². The van der Waals surface area contributed by atoms with Crippen LogP contribution in [0.5, 0.6) is 0 Å². The van der Waals surface area contributed by atoms with Gasteiger partial charge in [-0.3, -0.25) is 14.6 Å². The number of rotatable bonds is 7. The number of furan rings is 1. The Labute approximate surface area is 145 Å². The highest BCUT2D eigenvalue weighted by Gasteiger charge is 2.33. The second-order valence-corrected chi connectivity index (χ2v) is 5.85. The van der Waals surface area contributed by atoms with Crippen LogP contribution < -0.4 is 5.32 Å². The van der Waals surface area contributed by atoms with E-state index >= 15 is 0 Å². The molecule has 134 valence electrons. The van der Waals surface area contributed by atoms with Gasteiger partial charge in [-0.2, -0.15) is 0 Å². The van der Waals surface area contributed by atoms with Gasteiger partial charge in [0, 0.05) is 13.1 Å². The molecule has 3 amide bonds. The predicted octanol–water partition coefficient (Wildman–Crippen LogP) is 1.48. The van der Waals surface area contributed by atoms with Crippen molar-refractivity contribution in [3.63, 3.8) is 0 Å². The Morgan fingerprint density at radius 2 is 2.32 bits per heavy atom. The molecule has 0 aromatic carbocycles. The van der Waals surface area contributed by atoms with Gasteiger partial charge in [0.15, 0.2) is 5.76 Å². The van der Waals surface area contributed by atoms with Gasteiger partial charge in [0.25, 0.3) is 5.89 Å². The molecule has 1 fully saturated rings. The fourth-order valence-corrected chi connectivity index (χ4v) is 2.75. The van der Waals surface area contributed by atoms with Crippen LogP contribution in [0, 0.1) is 0 Å². The van der Waals surface area contributed by atoms with Gasteiger partial charge < -0.3 is 14.2 Å². The largest absolute Gasteiger partial charge is 0.459 e. The van der Waals surface area contributed by atoms with Gasteiger partial charge in [-0.1, -0.05) is 6.92 Å². The Bertz CT molecular complexity index is 727. The van der Waals surface area contributed by atoms with Gasteiger partial charge in [-0.25, -0.2) is 4.79 Å². The van der Waals surface area contributed by atoms with E-state index in [0.29, 0.717) is 43.7 Å². The Morgan fingerprint density at radius 1 is 1.48 bits per heavy atom. The predicted molar refractivity (Wildman–Crippen MR) is 87.3 cm³/mol. The van der Waals surface area contributed by atoms with E-state index in [9.17, 15) is 9.59 Å². The summed E-state index contributed by atoms with van der Waals surface area (Å²) in [7, 11) is 0. The minimum absolute atomic E-state index is 0.228. The number of amides is 3. The summed E-state index contributed by atoms with van der Waals surface area (Å²) in [5.41, 5.74) is 0. The maximum Gasteiger partial charge on any atom is 0.324 e. The minimum atomic E-state index is -0.470. The quantitative estimate of drug-likeness (QED) is 0.809. The molecule has 1 atom stereocenters. The van der Waals surface area contributed by atoms with Crippen LogP contribution in [0.1, 0.15) is 26.2 Å². The van der Waals surface area contributed by atoms with Crippen molar-refractivity contribution in [1.29, 1.82) is 0 Å². The first-order valence-corrected chi connectivity index (χ1v) is 8.29. The van der Waals surface area contributed by atoms with Crippen molar-refractivity contribution < 1.29 is 18.4 Å². The average molecular weight is 347 g/mol. The van der Waals surface area contributed by atoms with Gasteiger partial charge >= 0.3 is 6.03 Å². The van der Waals surface area contributed by atoms with E-state index in [-0.39, 0.29) is 11.9 Å². The average Bonchev–Trinajstić information content (AvgIpc) is 3.34. The zero-order valence-electron chi connectivity index (χ0n) is 14.3. The van der Waals surface area contributed by atoms with Crippen molar-refractivity contribution in [2.75, 3.05) is 19.6 Å². The monoisotopic (exact) mass is 347 g/mol. The van der Waals surface area contributed by atoms with Crippen molar-refractivity contribution >= 4 is 11.9 Å². The molecule has 0 radical (unpaired) electrons. The lowest BCUT2D eigenvalue weighted by molar-refractivity contribution is -0.133. The summed E-state index contributed by atoms with van der Waals surface area (Å²) in [5, 5.41) is 10.6. The molecule has 9 nitrogen and oxygen atoms in total. The molecular formula is C16H21N5O4. The molecule has 2 aromatic rings. The third-order valence-corrected chi connectivity index (χ3v) is 4.08. The highest BCUT2D eigenvalue weighted by molar-refractivity contribution is 5.98. The lowest BCUT2D eigenvalue weighted by Crippen LogP contribution is -2.48. The first-order valence-electron chi connectivity index (χ1n) is 8.29. The summed E-state index contributed by atoms with van der Waals surface area (Å²) in [6.45, 7) is 5.68. The van der Waals surface area contributed by atoms with E-state index in [0.717, 1.165) is 6.42 Å². The van der Waals surface area contributed by atoms with Gasteiger partial charge in [-0.05, 0) is 32.0 Å². The number of carbonyl (C=O) groups is 2. The van der Waals surface area contributed by atoms with Crippen LogP contribution in [0.3, 0.4) is 0 Å². The van der Waals surface area contributed by atoms with Crippen LogP contribution in [0.4, 0.5) is 4.79 Å². The maximum atomic E-state index is 12.6. The first kappa shape index (κ1) is 17.2. The van der Waals surface area contributed by atoms with Crippen molar-refractivity contribution in [2.24, 2.45) is 0 Å². The summed E-state index contributed by atoms with van der Waals surface area (Å²) >= 11 is 0. The number of carbonyl (C=O) groups excluding carboxylic acids is 2. The lowest BCUT2D eigenvalue weighted by atomic mass is 10.2. The van der Waals surface area contributed by atoms with E-state index in [1.165, 1.54) is 11.2 Å². The first-order chi connectivity index (χ1) is 12.1. The number of nitrogens with zero attached hydrogens (tertiary/aromatic N) is 4. The molecular weight excluding hydrogens is 326 g/mol. The van der Waals surface area contributed by atoms with Crippen LogP contribution >= 0.6 is 0 Å². The van der Waals surface area contributed by atoms with Crippen molar-refractivity contribution in [3.05, 3.63) is 24.3 Å². The Morgan fingerprint density at radius 3 is 2.96 bits per heavy atom. The molecule has 0 bridgehead atoms. The third-order valence-electron chi connectivity index (χ3n) is 4.08. The molecule has 25 heavy (non-hydrogen) atoms. The fourth-order valence-electron chi connectivity index (χ4n) is 2.75. The van der Waals surface area contributed by atoms with Gasteiger partial charge in [0.1, 0.15) is 0 Å². The molecule has 0 aliphatic carbocycles. The third kappa shape index (κ3) is 3.71. The van der Waals surface area contributed by atoms with Crippen LogP contribution in [0.25, 0.3) is 11.7 Å². The second kappa shape index (κ2) is 7.47. The number of nitrogens with one attached hydrogen (secondary N) is 1. The zero-order valence-corrected chi connectivity index (χ0v) is 14.3. The SMILES string of the molecule is CCCN(Cc1nnc(-c2ccco2)o1)[C@H](C)C(=O)N1CCNC1=O. The Balaban J connectivity index is 1.70. The van der Waals surface area contributed by atoms with Crippen molar-refractivity contribution in [1.82, 2.24) is 25.3 Å². The summed E-state index contributed by atoms with van der Waals surface area (Å²) in [5.74, 6) is 0.965. The Hall–Kier alpha value is -2.68. The molecule has 0 spiro atoms. The number of urea groups is 1. The summed E-state index contributed by atoms with van der Waals surface area (Å²) in [4.78, 5) is 27.5. The molecule has 3 heterocycles. The lowest BCUT2D eigenvalue weighted by Gasteiger charge is -2.28. The zero-order chi connectivity index (χ0) is 17.8. The molecule has 3 rings (SSSR count). The van der Waals surface area contributed by atoms with E-state index in [2.05, 4.69) is 15.5 Å². The van der Waals surface area contributed by atoms with Crippen LogP contribution in [0.2, 0.25) is 0 Å². The summed E-state index contributed by atoms with van der Waals surface area (Å²) < 4.78 is 10.9. The Kier molecular flexibility index (Phi) is 5.13. The topological polar surface area (TPSA) is 105 Å². The highest BCUT2D eigenvalue weighted by Crippen LogP contribution is 2.19. The normalized spacial score (nSPS) is 15.6. The molecule has 1 saturated heterocycles. The van der Waals surface area contributed by atoms with Gasteiger partial charge in [0.05, 0.1) is 18.8 Å². The number of imide groups is 1.